The van der Waals surface area contributed by atoms with Crippen molar-refractivity contribution in [1.29, 1.82) is 0 Å². The molecule has 0 radical (unpaired) electrons. The Hall–Kier alpha value is -1.46. The monoisotopic (exact) mass is 304 g/mol. The van der Waals surface area contributed by atoms with Crippen molar-refractivity contribution in [3.05, 3.63) is 41.2 Å². The number of hydrogen-bond acceptors (Lipinski definition) is 5. The number of rotatable bonds is 8. The lowest BCUT2D eigenvalue weighted by atomic mass is 10.2. The Morgan fingerprint density at radius 3 is 2.81 bits per heavy atom. The maximum Gasteiger partial charge on any atom is 0.185 e. The second-order valence-corrected chi connectivity index (χ2v) is 6.56. The Bertz CT molecular complexity index is 524. The SMILES string of the molecule is CCN(Cc1ccccn1)c1ncc(CNCC(C)C)s1. The van der Waals surface area contributed by atoms with Gasteiger partial charge in [-0.2, -0.15) is 0 Å². The molecule has 0 atom stereocenters. The lowest BCUT2D eigenvalue weighted by molar-refractivity contribution is 0.554. The van der Waals surface area contributed by atoms with E-state index in [1.165, 1.54) is 4.88 Å². The highest BCUT2D eigenvalue weighted by Gasteiger charge is 2.10. The van der Waals surface area contributed by atoms with Crippen LogP contribution in [0.15, 0.2) is 30.6 Å². The quantitative estimate of drug-likeness (QED) is 0.812. The molecule has 0 spiro atoms. The molecule has 0 fully saturated rings. The summed E-state index contributed by atoms with van der Waals surface area (Å²) >= 11 is 1.76. The Labute approximate surface area is 131 Å². The van der Waals surface area contributed by atoms with Crippen molar-refractivity contribution in [2.45, 2.75) is 33.9 Å². The summed E-state index contributed by atoms with van der Waals surface area (Å²) in [6.45, 7) is 10.3. The molecular formula is C16H24N4S. The van der Waals surface area contributed by atoms with Crippen LogP contribution in [-0.4, -0.2) is 23.1 Å². The molecule has 2 rings (SSSR count). The van der Waals surface area contributed by atoms with Crippen LogP contribution in [0.1, 0.15) is 31.3 Å². The predicted molar refractivity (Wildman–Crippen MR) is 89.6 cm³/mol. The van der Waals surface area contributed by atoms with Crippen LogP contribution in [0.2, 0.25) is 0 Å². The van der Waals surface area contributed by atoms with Gasteiger partial charge in [-0.3, -0.25) is 4.98 Å². The van der Waals surface area contributed by atoms with Crippen LogP contribution in [-0.2, 0) is 13.1 Å². The molecule has 2 heterocycles. The zero-order valence-electron chi connectivity index (χ0n) is 13.0. The van der Waals surface area contributed by atoms with Gasteiger partial charge in [0.2, 0.25) is 0 Å². The predicted octanol–water partition coefficient (Wildman–Crippen LogP) is 3.31. The van der Waals surface area contributed by atoms with Crippen molar-refractivity contribution in [3.8, 4) is 0 Å². The molecule has 0 saturated carbocycles. The normalized spacial score (nSPS) is 11.0. The number of nitrogens with one attached hydrogen (secondary N) is 1. The molecule has 0 aliphatic carbocycles. The van der Waals surface area contributed by atoms with Gasteiger partial charge in [0, 0.05) is 30.4 Å². The first-order chi connectivity index (χ1) is 10.2. The Kier molecular flexibility index (Phi) is 6.14. The van der Waals surface area contributed by atoms with Gasteiger partial charge in [0.15, 0.2) is 5.13 Å². The van der Waals surface area contributed by atoms with Crippen LogP contribution >= 0.6 is 11.3 Å². The molecule has 0 saturated heterocycles. The summed E-state index contributed by atoms with van der Waals surface area (Å²) in [4.78, 5) is 12.5. The van der Waals surface area contributed by atoms with Gasteiger partial charge in [0.1, 0.15) is 0 Å². The molecule has 0 aliphatic rings. The highest BCUT2D eigenvalue weighted by Crippen LogP contribution is 2.23. The second kappa shape index (κ2) is 8.10. The van der Waals surface area contributed by atoms with Gasteiger partial charge in [0.25, 0.3) is 0 Å². The number of aromatic nitrogens is 2. The van der Waals surface area contributed by atoms with Crippen molar-refractivity contribution in [2.75, 3.05) is 18.0 Å². The van der Waals surface area contributed by atoms with E-state index in [2.05, 4.69) is 47.0 Å². The zero-order chi connectivity index (χ0) is 15.1. The molecule has 0 amide bonds. The molecule has 0 unspecified atom stereocenters. The van der Waals surface area contributed by atoms with E-state index >= 15 is 0 Å². The molecule has 2 aromatic rings. The van der Waals surface area contributed by atoms with Crippen molar-refractivity contribution in [1.82, 2.24) is 15.3 Å². The van der Waals surface area contributed by atoms with Gasteiger partial charge in [-0.25, -0.2) is 4.98 Å². The smallest absolute Gasteiger partial charge is 0.185 e. The number of anilines is 1. The second-order valence-electron chi connectivity index (χ2n) is 5.47. The van der Waals surface area contributed by atoms with Crippen LogP contribution in [0.4, 0.5) is 5.13 Å². The molecule has 1 N–H and O–H groups in total. The topological polar surface area (TPSA) is 41.1 Å². The largest absolute Gasteiger partial charge is 0.342 e. The van der Waals surface area contributed by atoms with Crippen molar-refractivity contribution < 1.29 is 0 Å². The molecule has 5 heteroatoms. The molecule has 0 bridgehead atoms. The molecule has 114 valence electrons. The fourth-order valence-electron chi connectivity index (χ4n) is 2.01. The van der Waals surface area contributed by atoms with Gasteiger partial charge in [-0.15, -0.1) is 11.3 Å². The Morgan fingerprint density at radius 1 is 1.29 bits per heavy atom. The van der Waals surface area contributed by atoms with Gasteiger partial charge < -0.3 is 10.2 Å². The average molecular weight is 304 g/mol. The van der Waals surface area contributed by atoms with E-state index in [1.54, 1.807) is 11.3 Å². The lowest BCUT2D eigenvalue weighted by Crippen LogP contribution is -2.22. The van der Waals surface area contributed by atoms with Crippen LogP contribution in [0.25, 0.3) is 0 Å². The van der Waals surface area contributed by atoms with E-state index in [-0.39, 0.29) is 0 Å². The molecule has 2 aromatic heterocycles. The van der Waals surface area contributed by atoms with Crippen LogP contribution in [0.5, 0.6) is 0 Å². The highest BCUT2D eigenvalue weighted by molar-refractivity contribution is 7.15. The number of pyridine rings is 1. The third-order valence-corrected chi connectivity index (χ3v) is 4.18. The summed E-state index contributed by atoms with van der Waals surface area (Å²) in [5.74, 6) is 0.675. The molecular weight excluding hydrogens is 280 g/mol. The number of thiazole rings is 1. The van der Waals surface area contributed by atoms with Gasteiger partial charge in [-0.1, -0.05) is 19.9 Å². The van der Waals surface area contributed by atoms with E-state index in [0.717, 1.165) is 37.0 Å². The highest BCUT2D eigenvalue weighted by atomic mass is 32.1. The Morgan fingerprint density at radius 2 is 2.14 bits per heavy atom. The summed E-state index contributed by atoms with van der Waals surface area (Å²) in [7, 11) is 0. The van der Waals surface area contributed by atoms with Gasteiger partial charge in [0.05, 0.1) is 12.2 Å². The van der Waals surface area contributed by atoms with Crippen LogP contribution in [0.3, 0.4) is 0 Å². The van der Waals surface area contributed by atoms with Crippen molar-refractivity contribution in [2.24, 2.45) is 5.92 Å². The maximum absolute atomic E-state index is 4.56. The number of nitrogens with zero attached hydrogens (tertiary/aromatic N) is 3. The summed E-state index contributed by atoms with van der Waals surface area (Å²) in [5, 5.41) is 4.53. The number of hydrogen-bond donors (Lipinski definition) is 1. The lowest BCUT2D eigenvalue weighted by Gasteiger charge is -2.19. The van der Waals surface area contributed by atoms with E-state index in [0.29, 0.717) is 5.92 Å². The van der Waals surface area contributed by atoms with Gasteiger partial charge in [-0.05, 0) is 31.5 Å². The van der Waals surface area contributed by atoms with Crippen LogP contribution < -0.4 is 10.2 Å². The summed E-state index contributed by atoms with van der Waals surface area (Å²) in [6.07, 6.45) is 3.82. The first-order valence-corrected chi connectivity index (χ1v) is 8.31. The average Bonchev–Trinajstić information content (AvgIpc) is 2.94. The zero-order valence-corrected chi connectivity index (χ0v) is 13.9. The van der Waals surface area contributed by atoms with Crippen LogP contribution in [0, 0.1) is 5.92 Å². The first kappa shape index (κ1) is 15.9. The minimum atomic E-state index is 0.675. The Balaban J connectivity index is 1.94. The van der Waals surface area contributed by atoms with Crippen molar-refractivity contribution >= 4 is 16.5 Å². The fourth-order valence-corrected chi connectivity index (χ4v) is 2.95. The minimum absolute atomic E-state index is 0.675. The first-order valence-electron chi connectivity index (χ1n) is 7.49. The minimum Gasteiger partial charge on any atom is -0.342 e. The van der Waals surface area contributed by atoms with E-state index < -0.39 is 0 Å². The molecule has 0 aliphatic heterocycles. The fraction of sp³-hybridized carbons (Fsp3) is 0.500. The van der Waals surface area contributed by atoms with Crippen molar-refractivity contribution in [3.63, 3.8) is 0 Å². The summed E-state index contributed by atoms with van der Waals surface area (Å²) in [6, 6.07) is 6.03. The van der Waals surface area contributed by atoms with Gasteiger partial charge >= 0.3 is 0 Å². The van der Waals surface area contributed by atoms with E-state index in [9.17, 15) is 0 Å². The third-order valence-electron chi connectivity index (χ3n) is 3.12. The summed E-state index contributed by atoms with van der Waals surface area (Å²) in [5.41, 5.74) is 1.08. The molecule has 21 heavy (non-hydrogen) atoms. The molecule has 4 nitrogen and oxygen atoms in total. The maximum atomic E-state index is 4.56. The third kappa shape index (κ3) is 5.10. The standard InChI is InChI=1S/C16H24N4S/c1-4-20(12-14-7-5-6-8-18-14)16-19-11-15(21-16)10-17-9-13(2)3/h5-8,11,13,17H,4,9-10,12H2,1-3H3. The van der Waals surface area contributed by atoms with E-state index in [1.807, 2.05) is 24.5 Å². The van der Waals surface area contributed by atoms with E-state index in [4.69, 9.17) is 0 Å². The molecule has 0 aromatic carbocycles. The summed E-state index contributed by atoms with van der Waals surface area (Å²) < 4.78 is 0.